The highest BCUT2D eigenvalue weighted by Gasteiger charge is 2.31. The summed E-state index contributed by atoms with van der Waals surface area (Å²) in [6, 6.07) is 2.04. The van der Waals surface area contributed by atoms with E-state index in [0.29, 0.717) is 5.92 Å². The van der Waals surface area contributed by atoms with Gasteiger partial charge >= 0.3 is 0 Å². The number of aromatic nitrogens is 3. The van der Waals surface area contributed by atoms with Gasteiger partial charge in [-0.1, -0.05) is 0 Å². The highest BCUT2D eigenvalue weighted by Crippen LogP contribution is 2.40. The number of rotatable bonds is 6. The van der Waals surface area contributed by atoms with Crippen LogP contribution in [0.15, 0.2) is 37.2 Å². The van der Waals surface area contributed by atoms with Gasteiger partial charge in [0.15, 0.2) is 0 Å². The van der Waals surface area contributed by atoms with Crippen LogP contribution in [0.5, 0.6) is 0 Å². The lowest BCUT2D eigenvalue weighted by molar-refractivity contribution is 0.154. The molecule has 1 N–H and O–H groups in total. The maximum absolute atomic E-state index is 10.0. The first-order valence-electron chi connectivity index (χ1n) is 6.62. The predicted octanol–water partition coefficient (Wildman–Crippen LogP) is 2.22. The van der Waals surface area contributed by atoms with Crippen molar-refractivity contribution in [2.75, 3.05) is 0 Å². The summed E-state index contributed by atoms with van der Waals surface area (Å²) in [7, 11) is 0. The van der Waals surface area contributed by atoms with Gasteiger partial charge in [0.1, 0.15) is 0 Å². The summed E-state index contributed by atoms with van der Waals surface area (Å²) in [4.78, 5) is 4.02. The number of imidazole rings is 1. The van der Waals surface area contributed by atoms with Crippen molar-refractivity contribution in [1.82, 2.24) is 14.1 Å². The minimum absolute atomic E-state index is 0.250. The molecule has 2 heterocycles. The van der Waals surface area contributed by atoms with Crippen molar-refractivity contribution in [3.8, 4) is 0 Å². The van der Waals surface area contributed by atoms with Crippen LogP contribution < -0.4 is 0 Å². The van der Waals surface area contributed by atoms with Gasteiger partial charge in [-0.2, -0.15) is 0 Å². The molecule has 0 bridgehead atoms. The van der Waals surface area contributed by atoms with Gasteiger partial charge in [0.05, 0.1) is 12.4 Å². The number of hydrogen-bond donors (Lipinski definition) is 1. The molecule has 0 aromatic carbocycles. The van der Waals surface area contributed by atoms with E-state index in [4.69, 9.17) is 0 Å². The Morgan fingerprint density at radius 1 is 1.28 bits per heavy atom. The first-order chi connectivity index (χ1) is 8.83. The third-order valence-electron chi connectivity index (χ3n) is 3.58. The van der Waals surface area contributed by atoms with E-state index in [9.17, 15) is 5.11 Å². The van der Waals surface area contributed by atoms with Crippen LogP contribution in [0.2, 0.25) is 0 Å². The molecule has 1 unspecified atom stereocenters. The fourth-order valence-electron chi connectivity index (χ4n) is 2.31. The van der Waals surface area contributed by atoms with E-state index in [-0.39, 0.29) is 6.10 Å². The molecule has 0 amide bonds. The maximum atomic E-state index is 10.0. The smallest absolute Gasteiger partial charge is 0.0945 e. The zero-order valence-electron chi connectivity index (χ0n) is 10.4. The van der Waals surface area contributed by atoms with E-state index in [0.717, 1.165) is 25.1 Å². The fraction of sp³-hybridized carbons (Fsp3) is 0.500. The lowest BCUT2D eigenvalue weighted by atomic mass is 10.1. The van der Waals surface area contributed by atoms with E-state index in [2.05, 4.69) is 26.5 Å². The molecule has 2 aromatic heterocycles. The van der Waals surface area contributed by atoms with Crippen molar-refractivity contribution in [1.29, 1.82) is 0 Å². The van der Waals surface area contributed by atoms with Crippen LogP contribution >= 0.6 is 0 Å². The van der Waals surface area contributed by atoms with Crippen molar-refractivity contribution in [2.45, 2.75) is 38.5 Å². The topological polar surface area (TPSA) is 43.0 Å². The molecule has 1 aliphatic carbocycles. The molecule has 0 saturated heterocycles. The van der Waals surface area contributed by atoms with E-state index >= 15 is 0 Å². The average molecular weight is 245 g/mol. The third-order valence-corrected chi connectivity index (χ3v) is 3.58. The summed E-state index contributed by atoms with van der Waals surface area (Å²) in [5, 5.41) is 10.0. The summed E-state index contributed by atoms with van der Waals surface area (Å²) in [5.41, 5.74) is 1.07. The van der Waals surface area contributed by atoms with Crippen LogP contribution in [-0.2, 0) is 13.1 Å². The van der Waals surface area contributed by atoms with Gasteiger partial charge in [0.2, 0.25) is 0 Å². The first kappa shape index (κ1) is 11.5. The number of nitrogens with zero attached hydrogens (tertiary/aromatic N) is 3. The summed E-state index contributed by atoms with van der Waals surface area (Å²) < 4.78 is 4.25. The molecule has 0 spiro atoms. The van der Waals surface area contributed by atoms with Crippen molar-refractivity contribution < 1.29 is 5.11 Å². The van der Waals surface area contributed by atoms with Crippen molar-refractivity contribution in [2.24, 2.45) is 5.92 Å². The lowest BCUT2D eigenvalue weighted by Crippen LogP contribution is -2.02. The molecule has 4 nitrogen and oxygen atoms in total. The first-order valence-corrected chi connectivity index (χ1v) is 6.62. The number of aliphatic hydroxyl groups excluding tert-OH is 1. The van der Waals surface area contributed by atoms with Gasteiger partial charge in [0.25, 0.3) is 0 Å². The molecule has 0 radical (unpaired) electrons. The highest BCUT2D eigenvalue weighted by molar-refractivity contribution is 5.16. The Bertz CT molecular complexity index is 485. The third kappa shape index (κ3) is 2.64. The van der Waals surface area contributed by atoms with Gasteiger partial charge in [-0.05, 0) is 36.8 Å². The van der Waals surface area contributed by atoms with Crippen LogP contribution in [0.4, 0.5) is 0 Å². The molecule has 96 valence electrons. The fourth-order valence-corrected chi connectivity index (χ4v) is 2.31. The normalized spacial score (nSPS) is 16.9. The van der Waals surface area contributed by atoms with E-state index in [1.807, 2.05) is 18.6 Å². The second kappa shape index (κ2) is 4.98. The molecule has 1 aliphatic rings. The molecular weight excluding hydrogens is 226 g/mol. The van der Waals surface area contributed by atoms with Crippen molar-refractivity contribution in [3.05, 3.63) is 42.7 Å². The Kier molecular flexibility index (Phi) is 3.19. The van der Waals surface area contributed by atoms with Crippen LogP contribution in [0.1, 0.15) is 30.9 Å². The van der Waals surface area contributed by atoms with Gasteiger partial charge in [-0.3, -0.25) is 0 Å². The molecule has 3 rings (SSSR count). The Morgan fingerprint density at radius 2 is 2.11 bits per heavy atom. The average Bonchev–Trinajstić information content (AvgIpc) is 2.90. The zero-order valence-corrected chi connectivity index (χ0v) is 10.4. The van der Waals surface area contributed by atoms with Crippen molar-refractivity contribution in [3.63, 3.8) is 0 Å². The van der Waals surface area contributed by atoms with E-state index < -0.39 is 0 Å². The second-order valence-electron chi connectivity index (χ2n) is 5.12. The molecule has 1 fully saturated rings. The lowest BCUT2D eigenvalue weighted by Gasteiger charge is -2.06. The second-order valence-corrected chi connectivity index (χ2v) is 5.12. The molecular formula is C14H19N3O. The standard InChI is InChI=1S/C14H19N3O/c18-14(12-2-3-12)13-4-8-16(10-13)6-1-7-17-9-5-15-11-17/h4-5,8-12,14,18H,1-3,6-7H2. The molecule has 1 saturated carbocycles. The Labute approximate surface area is 107 Å². The highest BCUT2D eigenvalue weighted by atomic mass is 16.3. The van der Waals surface area contributed by atoms with Crippen molar-refractivity contribution >= 4 is 0 Å². The molecule has 4 heteroatoms. The number of aliphatic hydroxyl groups is 1. The number of aryl methyl sites for hydroxylation is 2. The van der Waals surface area contributed by atoms with Gasteiger partial charge < -0.3 is 14.2 Å². The molecule has 0 aliphatic heterocycles. The quantitative estimate of drug-likeness (QED) is 0.848. The largest absolute Gasteiger partial charge is 0.388 e. The monoisotopic (exact) mass is 245 g/mol. The van der Waals surface area contributed by atoms with Gasteiger partial charge in [0, 0.05) is 37.9 Å². The summed E-state index contributed by atoms with van der Waals surface area (Å²) in [5.74, 6) is 0.506. The Hall–Kier alpha value is -1.55. The van der Waals surface area contributed by atoms with Crippen LogP contribution in [0.3, 0.4) is 0 Å². The van der Waals surface area contributed by atoms with Crippen LogP contribution in [0, 0.1) is 5.92 Å². The van der Waals surface area contributed by atoms with E-state index in [1.165, 1.54) is 12.8 Å². The number of hydrogen-bond acceptors (Lipinski definition) is 2. The summed E-state index contributed by atoms with van der Waals surface area (Å²) in [6.07, 6.45) is 12.9. The minimum atomic E-state index is -0.250. The van der Waals surface area contributed by atoms with Gasteiger partial charge in [-0.15, -0.1) is 0 Å². The van der Waals surface area contributed by atoms with E-state index in [1.54, 1.807) is 6.20 Å². The summed E-state index contributed by atoms with van der Waals surface area (Å²) >= 11 is 0. The Balaban J connectivity index is 1.50. The Morgan fingerprint density at radius 3 is 2.83 bits per heavy atom. The van der Waals surface area contributed by atoms with Crippen LogP contribution in [0.25, 0.3) is 0 Å². The molecule has 1 atom stereocenters. The maximum Gasteiger partial charge on any atom is 0.0945 e. The predicted molar refractivity (Wildman–Crippen MR) is 69.0 cm³/mol. The minimum Gasteiger partial charge on any atom is -0.388 e. The molecule has 18 heavy (non-hydrogen) atoms. The molecule has 2 aromatic rings. The zero-order chi connectivity index (χ0) is 12.4. The summed E-state index contributed by atoms with van der Waals surface area (Å²) in [6.45, 7) is 1.97. The van der Waals surface area contributed by atoms with Gasteiger partial charge in [-0.25, -0.2) is 4.98 Å². The SMILES string of the molecule is OC(c1ccn(CCCn2ccnc2)c1)C1CC1. The van der Waals surface area contributed by atoms with Crippen LogP contribution in [-0.4, -0.2) is 19.2 Å².